The van der Waals surface area contributed by atoms with E-state index >= 15 is 0 Å². The van der Waals surface area contributed by atoms with Crippen LogP contribution < -0.4 is 10.6 Å². The van der Waals surface area contributed by atoms with Crippen LogP contribution in [-0.4, -0.2) is 23.1 Å². The summed E-state index contributed by atoms with van der Waals surface area (Å²) >= 11 is 5.97. The van der Waals surface area contributed by atoms with Crippen molar-refractivity contribution in [1.82, 2.24) is 5.32 Å². The molecule has 110 valence electrons. The van der Waals surface area contributed by atoms with Gasteiger partial charge >= 0.3 is 12.0 Å². The number of rotatable bonds is 5. The molecule has 2 atom stereocenters. The number of carboxylic acid groups (broad SMARTS) is 1. The first-order valence-electron chi connectivity index (χ1n) is 6.41. The normalized spacial score (nSPS) is 13.4. The summed E-state index contributed by atoms with van der Waals surface area (Å²) in [6, 6.07) is 3.72. The maximum absolute atomic E-state index is 11.9. The number of carbonyl (C=O) groups excluding carboxylic acids is 1. The number of hydrogen-bond acceptors (Lipinski definition) is 2. The van der Waals surface area contributed by atoms with Gasteiger partial charge in [-0.05, 0) is 30.5 Å². The Morgan fingerprint density at radius 1 is 1.40 bits per heavy atom. The van der Waals surface area contributed by atoms with E-state index in [2.05, 4.69) is 10.6 Å². The number of amides is 2. The average Bonchev–Trinajstić information content (AvgIpc) is 2.39. The Balaban J connectivity index is 2.75. The minimum atomic E-state index is -1.05. The number of nitrogens with one attached hydrogen (secondary N) is 2. The van der Waals surface area contributed by atoms with Gasteiger partial charge in [-0.15, -0.1) is 0 Å². The zero-order valence-electron chi connectivity index (χ0n) is 11.7. The van der Waals surface area contributed by atoms with Crippen molar-refractivity contribution >= 4 is 29.3 Å². The van der Waals surface area contributed by atoms with E-state index in [1.54, 1.807) is 19.1 Å². The number of carbonyl (C=O) groups is 2. The molecule has 0 spiro atoms. The van der Waals surface area contributed by atoms with E-state index in [9.17, 15) is 9.59 Å². The van der Waals surface area contributed by atoms with Crippen molar-refractivity contribution in [2.45, 2.75) is 33.2 Å². The van der Waals surface area contributed by atoms with E-state index in [1.807, 2.05) is 19.9 Å². The molecule has 0 fully saturated rings. The fraction of sp³-hybridized carbons (Fsp3) is 0.429. The molecule has 0 heterocycles. The van der Waals surface area contributed by atoms with Gasteiger partial charge < -0.3 is 15.7 Å². The minimum absolute atomic E-state index is 0.161. The second-order valence-corrected chi connectivity index (χ2v) is 5.19. The molecule has 20 heavy (non-hydrogen) atoms. The Morgan fingerprint density at radius 2 is 2.05 bits per heavy atom. The van der Waals surface area contributed by atoms with E-state index in [1.165, 1.54) is 0 Å². The van der Waals surface area contributed by atoms with E-state index < -0.39 is 18.0 Å². The summed E-state index contributed by atoms with van der Waals surface area (Å²) in [5, 5.41) is 14.5. The molecule has 0 aliphatic carbocycles. The SMILES string of the molecule is CC[C@H](C)[C@H](NC(=O)Nc1cc(C)ccc1Cl)C(=O)O. The molecule has 1 aromatic carbocycles. The number of carboxylic acids is 1. The van der Waals surface area contributed by atoms with Gasteiger partial charge in [-0.2, -0.15) is 0 Å². The van der Waals surface area contributed by atoms with Gasteiger partial charge in [0.15, 0.2) is 0 Å². The number of benzene rings is 1. The Kier molecular flexibility index (Phi) is 5.82. The van der Waals surface area contributed by atoms with Gasteiger partial charge in [0.1, 0.15) is 6.04 Å². The Hall–Kier alpha value is -1.75. The van der Waals surface area contributed by atoms with Gasteiger partial charge in [0.05, 0.1) is 10.7 Å². The number of aliphatic carboxylic acids is 1. The monoisotopic (exact) mass is 298 g/mol. The number of hydrogen-bond donors (Lipinski definition) is 3. The largest absolute Gasteiger partial charge is 0.480 e. The van der Waals surface area contributed by atoms with Crippen LogP contribution in [0.1, 0.15) is 25.8 Å². The van der Waals surface area contributed by atoms with Crippen LogP contribution in [0.25, 0.3) is 0 Å². The van der Waals surface area contributed by atoms with Crippen LogP contribution in [0.15, 0.2) is 18.2 Å². The highest BCUT2D eigenvalue weighted by atomic mass is 35.5. The summed E-state index contributed by atoms with van der Waals surface area (Å²) in [6.07, 6.45) is 0.655. The van der Waals surface area contributed by atoms with E-state index in [0.717, 1.165) is 5.56 Å². The molecule has 0 saturated carbocycles. The average molecular weight is 299 g/mol. The molecular formula is C14H19ClN2O3. The summed E-state index contributed by atoms with van der Waals surface area (Å²) in [7, 11) is 0. The third-order valence-corrected chi connectivity index (χ3v) is 3.47. The third-order valence-electron chi connectivity index (χ3n) is 3.14. The molecule has 0 radical (unpaired) electrons. The van der Waals surface area contributed by atoms with Crippen molar-refractivity contribution in [3.05, 3.63) is 28.8 Å². The summed E-state index contributed by atoms with van der Waals surface area (Å²) in [6.45, 7) is 5.52. The molecule has 0 saturated heterocycles. The lowest BCUT2D eigenvalue weighted by atomic mass is 9.99. The summed E-state index contributed by atoms with van der Waals surface area (Å²) in [4.78, 5) is 23.0. The maximum atomic E-state index is 11.9. The number of anilines is 1. The molecule has 3 N–H and O–H groups in total. The summed E-state index contributed by atoms with van der Waals surface area (Å²) in [5.41, 5.74) is 1.40. The van der Waals surface area contributed by atoms with Gasteiger partial charge in [0.2, 0.25) is 0 Å². The Labute approximate surface area is 123 Å². The van der Waals surface area contributed by atoms with Crippen LogP contribution in [-0.2, 0) is 4.79 Å². The fourth-order valence-electron chi connectivity index (χ4n) is 1.72. The molecule has 1 aromatic rings. The molecular weight excluding hydrogens is 280 g/mol. The Bertz CT molecular complexity index is 505. The van der Waals surface area contributed by atoms with E-state index in [0.29, 0.717) is 17.1 Å². The van der Waals surface area contributed by atoms with Crippen LogP contribution in [0, 0.1) is 12.8 Å². The van der Waals surface area contributed by atoms with Crippen molar-refractivity contribution in [2.24, 2.45) is 5.92 Å². The predicted molar refractivity (Wildman–Crippen MR) is 79.2 cm³/mol. The van der Waals surface area contributed by atoms with Crippen molar-refractivity contribution in [1.29, 1.82) is 0 Å². The van der Waals surface area contributed by atoms with Gasteiger partial charge in [-0.25, -0.2) is 9.59 Å². The third kappa shape index (κ3) is 4.42. The lowest BCUT2D eigenvalue weighted by Crippen LogP contribution is -2.46. The van der Waals surface area contributed by atoms with Gasteiger partial charge in [0.25, 0.3) is 0 Å². The van der Waals surface area contributed by atoms with E-state index in [4.69, 9.17) is 16.7 Å². The molecule has 1 rings (SSSR count). The van der Waals surface area contributed by atoms with Gasteiger partial charge in [-0.3, -0.25) is 0 Å². The van der Waals surface area contributed by atoms with Crippen molar-refractivity contribution in [3.8, 4) is 0 Å². The second kappa shape index (κ2) is 7.14. The van der Waals surface area contributed by atoms with Crippen LogP contribution in [0.3, 0.4) is 0 Å². The van der Waals surface area contributed by atoms with Crippen LogP contribution in [0.5, 0.6) is 0 Å². The van der Waals surface area contributed by atoms with Gasteiger partial charge in [0, 0.05) is 0 Å². The van der Waals surface area contributed by atoms with Crippen molar-refractivity contribution in [2.75, 3.05) is 5.32 Å². The van der Waals surface area contributed by atoms with Gasteiger partial charge in [-0.1, -0.05) is 37.9 Å². The number of urea groups is 1. The highest BCUT2D eigenvalue weighted by molar-refractivity contribution is 6.33. The van der Waals surface area contributed by atoms with Crippen molar-refractivity contribution < 1.29 is 14.7 Å². The van der Waals surface area contributed by atoms with Crippen LogP contribution in [0.2, 0.25) is 5.02 Å². The quantitative estimate of drug-likeness (QED) is 0.780. The molecule has 0 bridgehead atoms. The molecule has 5 nitrogen and oxygen atoms in total. The Morgan fingerprint density at radius 3 is 2.60 bits per heavy atom. The summed E-state index contributed by atoms with van der Waals surface area (Å²) < 4.78 is 0. The molecule has 2 amide bonds. The zero-order chi connectivity index (χ0) is 15.3. The fourth-order valence-corrected chi connectivity index (χ4v) is 1.88. The lowest BCUT2D eigenvalue weighted by Gasteiger charge is -2.20. The molecule has 0 aliphatic rings. The summed E-state index contributed by atoms with van der Waals surface area (Å²) in [5.74, 6) is -1.21. The first-order chi connectivity index (χ1) is 9.35. The highest BCUT2D eigenvalue weighted by Gasteiger charge is 2.25. The molecule has 0 unspecified atom stereocenters. The molecule has 0 aliphatic heterocycles. The minimum Gasteiger partial charge on any atom is -0.480 e. The predicted octanol–water partition coefficient (Wildman–Crippen LogP) is 3.27. The smallest absolute Gasteiger partial charge is 0.326 e. The molecule has 6 heteroatoms. The van der Waals surface area contributed by atoms with Crippen molar-refractivity contribution in [3.63, 3.8) is 0 Å². The van der Waals surface area contributed by atoms with Crippen LogP contribution in [0.4, 0.5) is 10.5 Å². The number of halogens is 1. The zero-order valence-corrected chi connectivity index (χ0v) is 12.5. The standard InChI is InChI=1S/C14H19ClN2O3/c1-4-9(3)12(13(18)19)17-14(20)16-11-7-8(2)5-6-10(11)15/h5-7,9,12H,4H2,1-3H3,(H,18,19)(H2,16,17,20)/t9-,12-/m0/s1. The van der Waals surface area contributed by atoms with E-state index in [-0.39, 0.29) is 5.92 Å². The maximum Gasteiger partial charge on any atom is 0.326 e. The van der Waals surface area contributed by atoms with Crippen LogP contribution >= 0.6 is 11.6 Å². The first-order valence-corrected chi connectivity index (χ1v) is 6.79. The topological polar surface area (TPSA) is 78.4 Å². The highest BCUT2D eigenvalue weighted by Crippen LogP contribution is 2.22. The second-order valence-electron chi connectivity index (χ2n) is 4.78. The first kappa shape index (κ1) is 16.3. The number of aryl methyl sites for hydroxylation is 1. The molecule has 0 aromatic heterocycles. The lowest BCUT2D eigenvalue weighted by molar-refractivity contribution is -0.140.